The average Bonchev–Trinajstić information content (AvgIpc) is 2.62. The van der Waals surface area contributed by atoms with Crippen molar-refractivity contribution in [3.63, 3.8) is 0 Å². The second-order valence-electron chi connectivity index (χ2n) is 8.70. The van der Waals surface area contributed by atoms with Gasteiger partial charge in [-0.15, -0.1) is 0 Å². The van der Waals surface area contributed by atoms with Crippen LogP contribution in [0.1, 0.15) is 125 Å². The Labute approximate surface area is 174 Å². The second kappa shape index (κ2) is 18.4. The lowest BCUT2D eigenvalue weighted by Gasteiger charge is -2.27. The van der Waals surface area contributed by atoms with Crippen LogP contribution < -0.4 is 0 Å². The maximum Gasteiger partial charge on any atom is 0.335 e. The fourth-order valence-electron chi connectivity index (χ4n) is 3.60. The summed E-state index contributed by atoms with van der Waals surface area (Å²) in [6, 6.07) is 0. The van der Waals surface area contributed by atoms with E-state index in [0.717, 1.165) is 19.3 Å². The van der Waals surface area contributed by atoms with Crippen molar-refractivity contribution in [2.75, 3.05) is 0 Å². The first kappa shape index (κ1) is 27.4. The summed E-state index contributed by atoms with van der Waals surface area (Å²) in [5.41, 5.74) is 0. The van der Waals surface area contributed by atoms with E-state index in [0.29, 0.717) is 0 Å². The van der Waals surface area contributed by atoms with Crippen LogP contribution in [0.5, 0.6) is 0 Å². The van der Waals surface area contributed by atoms with E-state index in [2.05, 4.69) is 6.92 Å². The monoisotopic (exact) mass is 400 g/mol. The van der Waals surface area contributed by atoms with Crippen LogP contribution in [0.15, 0.2) is 0 Å². The van der Waals surface area contributed by atoms with E-state index in [4.69, 9.17) is 9.47 Å². The van der Waals surface area contributed by atoms with Crippen molar-refractivity contribution < 1.29 is 19.4 Å². The SMILES string of the molecule is CCCCCCCCCCCCCCCC(OC(C)C)C(OC(C)C)C(=O)O. The third-order valence-electron chi connectivity index (χ3n) is 5.04. The topological polar surface area (TPSA) is 55.8 Å². The minimum absolute atomic E-state index is 0.00425. The third-order valence-corrected chi connectivity index (χ3v) is 5.04. The largest absolute Gasteiger partial charge is 0.479 e. The summed E-state index contributed by atoms with van der Waals surface area (Å²) < 4.78 is 11.5. The van der Waals surface area contributed by atoms with E-state index in [1.807, 2.05) is 27.7 Å². The lowest BCUT2D eigenvalue weighted by atomic mass is 10.0. The van der Waals surface area contributed by atoms with Gasteiger partial charge in [0.15, 0.2) is 6.10 Å². The van der Waals surface area contributed by atoms with Gasteiger partial charge in [0.1, 0.15) is 0 Å². The lowest BCUT2D eigenvalue weighted by molar-refractivity contribution is -0.170. The van der Waals surface area contributed by atoms with Crippen LogP contribution in [0.25, 0.3) is 0 Å². The quantitative estimate of drug-likeness (QED) is 0.221. The molecule has 0 saturated heterocycles. The number of unbranched alkanes of at least 4 members (excludes halogenated alkanes) is 12. The Balaban J connectivity index is 3.86. The molecule has 0 aromatic rings. The van der Waals surface area contributed by atoms with Gasteiger partial charge < -0.3 is 14.6 Å². The Morgan fingerprint density at radius 2 is 1.07 bits per heavy atom. The van der Waals surface area contributed by atoms with Crippen LogP contribution >= 0.6 is 0 Å². The minimum atomic E-state index is -0.922. The molecule has 2 atom stereocenters. The molecule has 0 aliphatic rings. The highest BCUT2D eigenvalue weighted by molar-refractivity contribution is 5.73. The summed E-state index contributed by atoms with van der Waals surface area (Å²) in [6.07, 6.45) is 16.4. The normalized spacial score (nSPS) is 14.0. The number of carboxylic acids is 1. The number of hydrogen-bond acceptors (Lipinski definition) is 3. The smallest absolute Gasteiger partial charge is 0.335 e. The number of rotatable bonds is 20. The predicted molar refractivity (Wildman–Crippen MR) is 118 cm³/mol. The Morgan fingerprint density at radius 1 is 0.679 bits per heavy atom. The molecule has 0 aliphatic carbocycles. The fourth-order valence-corrected chi connectivity index (χ4v) is 3.60. The molecule has 0 radical (unpaired) electrons. The summed E-state index contributed by atoms with van der Waals surface area (Å²) in [4.78, 5) is 11.6. The number of ether oxygens (including phenoxy) is 2. The maximum atomic E-state index is 11.6. The van der Waals surface area contributed by atoms with Crippen molar-refractivity contribution in [3.8, 4) is 0 Å². The Bertz CT molecular complexity index is 355. The molecule has 168 valence electrons. The van der Waals surface area contributed by atoms with Crippen molar-refractivity contribution in [2.24, 2.45) is 0 Å². The molecule has 0 fully saturated rings. The van der Waals surface area contributed by atoms with Crippen molar-refractivity contribution in [2.45, 2.75) is 149 Å². The van der Waals surface area contributed by atoms with Crippen LogP contribution in [-0.2, 0) is 14.3 Å². The van der Waals surface area contributed by atoms with Gasteiger partial charge in [-0.05, 0) is 34.1 Å². The summed E-state index contributed by atoms with van der Waals surface area (Å²) in [5, 5.41) is 9.50. The summed E-state index contributed by atoms with van der Waals surface area (Å²) in [6.45, 7) is 9.90. The van der Waals surface area contributed by atoms with Crippen molar-refractivity contribution >= 4 is 5.97 Å². The van der Waals surface area contributed by atoms with E-state index in [9.17, 15) is 9.90 Å². The highest BCUT2D eigenvalue weighted by Crippen LogP contribution is 2.18. The molecule has 0 rings (SSSR count). The zero-order valence-corrected chi connectivity index (χ0v) is 19.4. The lowest BCUT2D eigenvalue weighted by Crippen LogP contribution is -2.41. The van der Waals surface area contributed by atoms with Crippen LogP contribution in [0, 0.1) is 0 Å². The zero-order chi connectivity index (χ0) is 21.2. The fraction of sp³-hybridized carbons (Fsp3) is 0.958. The van der Waals surface area contributed by atoms with Gasteiger partial charge in [0, 0.05) is 0 Å². The number of carbonyl (C=O) groups is 1. The molecule has 0 saturated carbocycles. The highest BCUT2D eigenvalue weighted by Gasteiger charge is 2.31. The van der Waals surface area contributed by atoms with Gasteiger partial charge in [-0.25, -0.2) is 4.79 Å². The molecule has 0 bridgehead atoms. The van der Waals surface area contributed by atoms with Crippen LogP contribution in [0.3, 0.4) is 0 Å². The summed E-state index contributed by atoms with van der Waals surface area (Å²) in [5.74, 6) is -0.922. The summed E-state index contributed by atoms with van der Waals surface area (Å²) in [7, 11) is 0. The summed E-state index contributed by atoms with van der Waals surface area (Å²) >= 11 is 0. The first-order valence-corrected chi connectivity index (χ1v) is 11.9. The third kappa shape index (κ3) is 16.4. The van der Waals surface area contributed by atoms with Crippen LogP contribution in [0.4, 0.5) is 0 Å². The van der Waals surface area contributed by atoms with Gasteiger partial charge in [0.2, 0.25) is 0 Å². The zero-order valence-electron chi connectivity index (χ0n) is 19.4. The number of aliphatic carboxylic acids is 1. The molecule has 0 aromatic heterocycles. The molecule has 0 amide bonds. The molecule has 1 N–H and O–H groups in total. The predicted octanol–water partition coefficient (Wildman–Crippen LogP) is 7.14. The van der Waals surface area contributed by atoms with E-state index in [-0.39, 0.29) is 18.3 Å². The van der Waals surface area contributed by atoms with E-state index in [1.165, 1.54) is 70.6 Å². The van der Waals surface area contributed by atoms with Crippen LogP contribution in [0.2, 0.25) is 0 Å². The van der Waals surface area contributed by atoms with E-state index < -0.39 is 12.1 Å². The maximum absolute atomic E-state index is 11.6. The molecule has 28 heavy (non-hydrogen) atoms. The van der Waals surface area contributed by atoms with Crippen molar-refractivity contribution in [1.29, 1.82) is 0 Å². The standard InChI is InChI=1S/C24H48O4/c1-6-7-8-9-10-11-12-13-14-15-16-17-18-19-22(27-20(2)3)23(24(25)26)28-21(4)5/h20-23H,6-19H2,1-5H3,(H,25,26). The Hall–Kier alpha value is -0.610. The second-order valence-corrected chi connectivity index (χ2v) is 8.70. The van der Waals surface area contributed by atoms with Gasteiger partial charge >= 0.3 is 5.97 Å². The first-order chi connectivity index (χ1) is 13.4. The molecule has 2 unspecified atom stereocenters. The first-order valence-electron chi connectivity index (χ1n) is 11.9. The molecule has 0 spiro atoms. The molecular weight excluding hydrogens is 352 g/mol. The van der Waals surface area contributed by atoms with E-state index >= 15 is 0 Å². The number of hydrogen-bond donors (Lipinski definition) is 1. The van der Waals surface area contributed by atoms with Gasteiger partial charge in [-0.3, -0.25) is 0 Å². The molecule has 4 nitrogen and oxygen atoms in total. The number of carboxylic acid groups (broad SMARTS) is 1. The van der Waals surface area contributed by atoms with Gasteiger partial charge in [-0.1, -0.05) is 90.4 Å². The molecule has 0 heterocycles. The molecule has 0 aromatic carbocycles. The molecule has 4 heteroatoms. The van der Waals surface area contributed by atoms with Gasteiger partial charge in [0.25, 0.3) is 0 Å². The van der Waals surface area contributed by atoms with Crippen LogP contribution in [-0.4, -0.2) is 35.5 Å². The average molecular weight is 401 g/mol. The van der Waals surface area contributed by atoms with Crippen molar-refractivity contribution in [1.82, 2.24) is 0 Å². The van der Waals surface area contributed by atoms with Gasteiger partial charge in [-0.2, -0.15) is 0 Å². The Morgan fingerprint density at radius 3 is 1.43 bits per heavy atom. The van der Waals surface area contributed by atoms with Gasteiger partial charge in [0.05, 0.1) is 18.3 Å². The molecule has 0 aliphatic heterocycles. The van der Waals surface area contributed by atoms with E-state index in [1.54, 1.807) is 0 Å². The minimum Gasteiger partial charge on any atom is -0.479 e. The molecular formula is C24H48O4. The highest BCUT2D eigenvalue weighted by atomic mass is 16.6. The van der Waals surface area contributed by atoms with Crippen molar-refractivity contribution in [3.05, 3.63) is 0 Å². The Kier molecular flexibility index (Phi) is 18.0.